The highest BCUT2D eigenvalue weighted by atomic mass is 19.4. The Labute approximate surface area is 94.5 Å². The standard InChI is InChI=1S/C11H20F3NO/c1-2-15-9(8-11(12,13)14)5-6-10-4-3-7-16-10/h9-10,15H,2-8H2,1H3. The van der Waals surface area contributed by atoms with Gasteiger partial charge in [-0.3, -0.25) is 0 Å². The molecule has 2 atom stereocenters. The average Bonchev–Trinajstić information content (AvgIpc) is 2.64. The predicted molar refractivity (Wildman–Crippen MR) is 56.3 cm³/mol. The van der Waals surface area contributed by atoms with Crippen molar-refractivity contribution >= 4 is 0 Å². The average molecular weight is 239 g/mol. The van der Waals surface area contributed by atoms with E-state index in [4.69, 9.17) is 4.74 Å². The second-order valence-corrected chi connectivity index (χ2v) is 4.29. The smallest absolute Gasteiger partial charge is 0.378 e. The summed E-state index contributed by atoms with van der Waals surface area (Å²) >= 11 is 0. The summed E-state index contributed by atoms with van der Waals surface area (Å²) in [7, 11) is 0. The van der Waals surface area contributed by atoms with Crippen LogP contribution in [0.25, 0.3) is 0 Å². The van der Waals surface area contributed by atoms with Crippen LogP contribution in [0.5, 0.6) is 0 Å². The van der Waals surface area contributed by atoms with E-state index in [1.807, 2.05) is 6.92 Å². The van der Waals surface area contributed by atoms with E-state index in [-0.39, 0.29) is 6.10 Å². The Morgan fingerprint density at radius 1 is 1.44 bits per heavy atom. The van der Waals surface area contributed by atoms with Crippen molar-refractivity contribution in [1.29, 1.82) is 0 Å². The minimum atomic E-state index is -4.08. The molecule has 5 heteroatoms. The van der Waals surface area contributed by atoms with Gasteiger partial charge in [-0.15, -0.1) is 0 Å². The van der Waals surface area contributed by atoms with E-state index in [1.165, 1.54) is 0 Å². The van der Waals surface area contributed by atoms with Crippen LogP contribution in [-0.4, -0.2) is 31.5 Å². The van der Waals surface area contributed by atoms with Gasteiger partial charge in [0.1, 0.15) is 0 Å². The molecule has 0 aromatic carbocycles. The third-order valence-corrected chi connectivity index (χ3v) is 2.83. The van der Waals surface area contributed by atoms with Crippen LogP contribution in [0.3, 0.4) is 0 Å². The lowest BCUT2D eigenvalue weighted by molar-refractivity contribution is -0.140. The number of hydrogen-bond acceptors (Lipinski definition) is 2. The zero-order chi connectivity index (χ0) is 12.0. The molecule has 0 aliphatic carbocycles. The van der Waals surface area contributed by atoms with Gasteiger partial charge in [0.15, 0.2) is 0 Å². The SMILES string of the molecule is CCNC(CCC1CCCO1)CC(F)(F)F. The lowest BCUT2D eigenvalue weighted by Gasteiger charge is -2.20. The van der Waals surface area contributed by atoms with Gasteiger partial charge in [0.05, 0.1) is 12.5 Å². The Balaban J connectivity index is 2.26. The largest absolute Gasteiger partial charge is 0.390 e. The third-order valence-electron chi connectivity index (χ3n) is 2.83. The van der Waals surface area contributed by atoms with Crippen molar-refractivity contribution in [3.05, 3.63) is 0 Å². The Hall–Kier alpha value is -0.290. The normalized spacial score (nSPS) is 23.6. The van der Waals surface area contributed by atoms with Gasteiger partial charge >= 0.3 is 6.18 Å². The number of rotatable bonds is 6. The van der Waals surface area contributed by atoms with Gasteiger partial charge in [0, 0.05) is 12.6 Å². The van der Waals surface area contributed by atoms with Gasteiger partial charge in [-0.05, 0) is 32.2 Å². The van der Waals surface area contributed by atoms with Gasteiger partial charge in [-0.2, -0.15) is 13.2 Å². The third kappa shape index (κ3) is 5.70. The first kappa shape index (κ1) is 13.8. The minimum Gasteiger partial charge on any atom is -0.378 e. The van der Waals surface area contributed by atoms with E-state index in [0.717, 1.165) is 25.9 Å². The summed E-state index contributed by atoms with van der Waals surface area (Å²) in [6, 6.07) is -0.464. The van der Waals surface area contributed by atoms with Gasteiger partial charge < -0.3 is 10.1 Å². The molecular weight excluding hydrogens is 219 g/mol. The van der Waals surface area contributed by atoms with Gasteiger partial charge in [0.25, 0.3) is 0 Å². The molecule has 0 amide bonds. The predicted octanol–water partition coefficient (Wildman–Crippen LogP) is 2.88. The minimum absolute atomic E-state index is 0.175. The summed E-state index contributed by atoms with van der Waals surface area (Å²) < 4.78 is 42.2. The van der Waals surface area contributed by atoms with Crippen LogP contribution < -0.4 is 5.32 Å². The molecule has 0 radical (unpaired) electrons. The molecule has 1 rings (SSSR count). The topological polar surface area (TPSA) is 21.3 Å². The first-order valence-corrected chi connectivity index (χ1v) is 5.93. The molecule has 2 unspecified atom stereocenters. The van der Waals surface area contributed by atoms with E-state index in [1.54, 1.807) is 0 Å². The molecule has 0 spiro atoms. The summed E-state index contributed by atoms with van der Waals surface area (Å²) in [4.78, 5) is 0. The van der Waals surface area contributed by atoms with Crippen molar-refractivity contribution in [3.8, 4) is 0 Å². The molecule has 0 aromatic rings. The number of ether oxygens (including phenoxy) is 1. The Kier molecular flexibility index (Phi) is 5.55. The summed E-state index contributed by atoms with van der Waals surface area (Å²) in [6.45, 7) is 3.16. The number of halogens is 3. The van der Waals surface area contributed by atoms with Crippen molar-refractivity contribution in [1.82, 2.24) is 5.32 Å². The Bertz CT molecular complexity index is 190. The number of alkyl halides is 3. The molecule has 1 saturated heterocycles. The van der Waals surface area contributed by atoms with E-state index in [9.17, 15) is 13.2 Å². The fourth-order valence-corrected chi connectivity index (χ4v) is 2.10. The summed E-state index contributed by atoms with van der Waals surface area (Å²) in [5.74, 6) is 0. The highest BCUT2D eigenvalue weighted by molar-refractivity contribution is 4.74. The summed E-state index contributed by atoms with van der Waals surface area (Å²) in [6.07, 6.45) is -1.35. The molecule has 0 saturated carbocycles. The summed E-state index contributed by atoms with van der Waals surface area (Å²) in [5.41, 5.74) is 0. The second kappa shape index (κ2) is 6.45. The fraction of sp³-hybridized carbons (Fsp3) is 1.00. The van der Waals surface area contributed by atoms with Gasteiger partial charge in [-0.1, -0.05) is 6.92 Å². The molecule has 0 aromatic heterocycles. The fourth-order valence-electron chi connectivity index (χ4n) is 2.10. The maximum Gasteiger partial charge on any atom is 0.390 e. The van der Waals surface area contributed by atoms with Crippen molar-refractivity contribution in [2.24, 2.45) is 0 Å². The van der Waals surface area contributed by atoms with Crippen molar-refractivity contribution in [3.63, 3.8) is 0 Å². The maximum atomic E-state index is 12.3. The van der Waals surface area contributed by atoms with Crippen molar-refractivity contribution < 1.29 is 17.9 Å². The van der Waals surface area contributed by atoms with Crippen LogP contribution in [0.1, 0.15) is 39.0 Å². The molecule has 1 aliphatic rings. The maximum absolute atomic E-state index is 12.3. The second-order valence-electron chi connectivity index (χ2n) is 4.29. The quantitative estimate of drug-likeness (QED) is 0.769. The van der Waals surface area contributed by atoms with E-state index in [0.29, 0.717) is 13.0 Å². The lowest BCUT2D eigenvalue weighted by atomic mass is 10.0. The summed E-state index contributed by atoms with van der Waals surface area (Å²) in [5, 5.41) is 2.89. The highest BCUT2D eigenvalue weighted by Crippen LogP contribution is 2.25. The van der Waals surface area contributed by atoms with E-state index < -0.39 is 18.6 Å². The monoisotopic (exact) mass is 239 g/mol. The Morgan fingerprint density at radius 3 is 2.69 bits per heavy atom. The Morgan fingerprint density at radius 2 is 2.19 bits per heavy atom. The molecular formula is C11H20F3NO. The zero-order valence-corrected chi connectivity index (χ0v) is 9.65. The molecule has 1 fully saturated rings. The lowest BCUT2D eigenvalue weighted by Crippen LogP contribution is -2.34. The first-order chi connectivity index (χ1) is 7.51. The van der Waals surface area contributed by atoms with Crippen LogP contribution in [0.4, 0.5) is 13.2 Å². The number of hydrogen-bond donors (Lipinski definition) is 1. The van der Waals surface area contributed by atoms with Crippen LogP contribution in [0.15, 0.2) is 0 Å². The zero-order valence-electron chi connectivity index (χ0n) is 9.65. The van der Waals surface area contributed by atoms with Crippen LogP contribution in [0, 0.1) is 0 Å². The van der Waals surface area contributed by atoms with Crippen molar-refractivity contribution in [2.75, 3.05) is 13.2 Å². The molecule has 96 valence electrons. The van der Waals surface area contributed by atoms with Crippen LogP contribution in [-0.2, 0) is 4.74 Å². The molecule has 16 heavy (non-hydrogen) atoms. The molecule has 1 aliphatic heterocycles. The van der Waals surface area contributed by atoms with E-state index >= 15 is 0 Å². The molecule has 1 N–H and O–H groups in total. The molecule has 1 heterocycles. The molecule has 2 nitrogen and oxygen atoms in total. The first-order valence-electron chi connectivity index (χ1n) is 5.93. The van der Waals surface area contributed by atoms with Crippen LogP contribution >= 0.6 is 0 Å². The van der Waals surface area contributed by atoms with Gasteiger partial charge in [0.2, 0.25) is 0 Å². The molecule has 0 bridgehead atoms. The van der Waals surface area contributed by atoms with Crippen molar-refractivity contribution in [2.45, 2.75) is 57.3 Å². The van der Waals surface area contributed by atoms with Gasteiger partial charge in [-0.25, -0.2) is 0 Å². The highest BCUT2D eigenvalue weighted by Gasteiger charge is 2.31. The van der Waals surface area contributed by atoms with Crippen LogP contribution in [0.2, 0.25) is 0 Å². The number of nitrogens with one attached hydrogen (secondary N) is 1. The van der Waals surface area contributed by atoms with E-state index in [2.05, 4.69) is 5.32 Å².